The summed E-state index contributed by atoms with van der Waals surface area (Å²) in [6.07, 6.45) is 3.02. The molecule has 0 saturated carbocycles. The molecule has 1 N–H and O–H groups in total. The highest BCUT2D eigenvalue weighted by Gasteiger charge is 2.15. The molecule has 9 heteroatoms. The van der Waals surface area contributed by atoms with Crippen molar-refractivity contribution >= 4 is 34.4 Å². The molecule has 2 aromatic rings. The van der Waals surface area contributed by atoms with Crippen LogP contribution in [0.25, 0.3) is 11.0 Å². The van der Waals surface area contributed by atoms with Crippen LogP contribution in [-0.4, -0.2) is 72.4 Å². The summed E-state index contributed by atoms with van der Waals surface area (Å²) in [5, 5.41) is 3.60. The molecule has 0 spiro atoms. The maximum Gasteiger partial charge on any atom is 0.306 e. The molecule has 0 unspecified atom stereocenters. The molecule has 0 radical (unpaired) electrons. The van der Waals surface area contributed by atoms with Crippen LogP contribution < -0.4 is 10.1 Å². The van der Waals surface area contributed by atoms with Gasteiger partial charge in [0, 0.05) is 38.7 Å². The average molecular weight is 479 g/mol. The van der Waals surface area contributed by atoms with Gasteiger partial charge in [-0.3, -0.25) is 9.69 Å². The Labute approximate surface area is 201 Å². The first-order valence-corrected chi connectivity index (χ1v) is 12.0. The Hall–Kier alpha value is -2.16. The Bertz CT molecular complexity index is 913. The second kappa shape index (κ2) is 12.3. The predicted molar refractivity (Wildman–Crippen MR) is 130 cm³/mol. The van der Waals surface area contributed by atoms with Gasteiger partial charge in [-0.1, -0.05) is 18.0 Å². The van der Waals surface area contributed by atoms with Crippen molar-refractivity contribution < 1.29 is 19.0 Å². The van der Waals surface area contributed by atoms with Crippen LogP contribution in [0.2, 0.25) is 5.15 Å². The number of hydrogen-bond acceptors (Lipinski definition) is 8. The summed E-state index contributed by atoms with van der Waals surface area (Å²) in [5.41, 5.74) is 1.02. The number of fused-ring (bicyclic) bond motifs is 1. The fourth-order valence-corrected chi connectivity index (χ4v) is 3.70. The minimum atomic E-state index is -0.433. The molecule has 1 saturated heterocycles. The van der Waals surface area contributed by atoms with Gasteiger partial charge in [0.25, 0.3) is 0 Å². The summed E-state index contributed by atoms with van der Waals surface area (Å²) < 4.78 is 16.6. The van der Waals surface area contributed by atoms with Crippen molar-refractivity contribution in [3.63, 3.8) is 0 Å². The molecule has 1 aliphatic rings. The topological polar surface area (TPSA) is 85.8 Å². The number of benzene rings is 1. The first-order valence-electron chi connectivity index (χ1n) is 11.7. The zero-order chi connectivity index (χ0) is 23.7. The number of esters is 1. The molecule has 1 aromatic carbocycles. The normalized spacial score (nSPS) is 14.9. The monoisotopic (exact) mass is 478 g/mol. The Morgan fingerprint density at radius 1 is 1.15 bits per heavy atom. The number of halogens is 1. The van der Waals surface area contributed by atoms with Gasteiger partial charge in [0.05, 0.1) is 24.2 Å². The summed E-state index contributed by atoms with van der Waals surface area (Å²) in [5.74, 6) is 1.17. The number of morpholine rings is 1. The van der Waals surface area contributed by atoms with Crippen LogP contribution in [0.15, 0.2) is 18.2 Å². The highest BCUT2D eigenvalue weighted by Crippen LogP contribution is 2.24. The molecule has 8 nitrogen and oxygen atoms in total. The van der Waals surface area contributed by atoms with E-state index in [1.807, 2.05) is 39.0 Å². The molecular formula is C24H35ClN4O4. The molecule has 1 fully saturated rings. The maximum atomic E-state index is 11.8. The van der Waals surface area contributed by atoms with Gasteiger partial charge in [0.1, 0.15) is 18.0 Å². The Morgan fingerprint density at radius 3 is 2.70 bits per heavy atom. The van der Waals surface area contributed by atoms with E-state index in [-0.39, 0.29) is 5.97 Å². The lowest BCUT2D eigenvalue weighted by molar-refractivity contribution is -0.154. The molecule has 182 valence electrons. The number of aromatic nitrogens is 2. The largest absolute Gasteiger partial charge is 0.492 e. The van der Waals surface area contributed by atoms with Gasteiger partial charge in [-0.2, -0.15) is 0 Å². The fraction of sp³-hybridized carbons (Fsp3) is 0.625. The highest BCUT2D eigenvalue weighted by molar-refractivity contribution is 6.32. The van der Waals surface area contributed by atoms with Crippen LogP contribution in [0.3, 0.4) is 0 Å². The lowest BCUT2D eigenvalue weighted by Crippen LogP contribution is -2.38. The van der Waals surface area contributed by atoms with Gasteiger partial charge < -0.3 is 19.5 Å². The van der Waals surface area contributed by atoms with Crippen LogP contribution >= 0.6 is 11.6 Å². The summed E-state index contributed by atoms with van der Waals surface area (Å²) in [6, 6.07) is 5.66. The van der Waals surface area contributed by atoms with Crippen LogP contribution in [0.4, 0.5) is 5.82 Å². The van der Waals surface area contributed by atoms with Crippen molar-refractivity contribution in [3.8, 4) is 5.75 Å². The Kier molecular flexibility index (Phi) is 9.52. The van der Waals surface area contributed by atoms with Crippen LogP contribution in [-0.2, 0) is 14.3 Å². The first kappa shape index (κ1) is 25.5. The zero-order valence-corrected chi connectivity index (χ0v) is 20.6. The SMILES string of the molecule is CC(C)(C)OC(=O)CCCCCNc1nc2cc(OCCN3CCOCC3)ccc2nc1Cl. The van der Waals surface area contributed by atoms with E-state index in [1.54, 1.807) is 0 Å². The van der Waals surface area contributed by atoms with E-state index in [0.29, 0.717) is 30.5 Å². The molecule has 0 bridgehead atoms. The second-order valence-corrected chi connectivity index (χ2v) is 9.50. The summed E-state index contributed by atoms with van der Waals surface area (Å²) in [4.78, 5) is 23.2. The van der Waals surface area contributed by atoms with Gasteiger partial charge in [0.15, 0.2) is 11.0 Å². The highest BCUT2D eigenvalue weighted by atomic mass is 35.5. The first-order chi connectivity index (χ1) is 15.8. The molecule has 33 heavy (non-hydrogen) atoms. The van der Waals surface area contributed by atoms with E-state index >= 15 is 0 Å². The van der Waals surface area contributed by atoms with Gasteiger partial charge in [-0.25, -0.2) is 9.97 Å². The van der Waals surface area contributed by atoms with E-state index < -0.39 is 5.60 Å². The van der Waals surface area contributed by atoms with Crippen molar-refractivity contribution in [1.82, 2.24) is 14.9 Å². The van der Waals surface area contributed by atoms with E-state index in [9.17, 15) is 4.79 Å². The number of anilines is 1. The van der Waals surface area contributed by atoms with E-state index in [4.69, 9.17) is 25.8 Å². The molecule has 3 rings (SSSR count). The molecule has 0 aliphatic carbocycles. The number of hydrogen-bond donors (Lipinski definition) is 1. The number of unbranched alkanes of at least 4 members (excludes halogenated alkanes) is 2. The lowest BCUT2D eigenvalue weighted by Gasteiger charge is -2.26. The minimum absolute atomic E-state index is 0.151. The number of nitrogens with zero attached hydrogens (tertiary/aromatic N) is 3. The van der Waals surface area contributed by atoms with Crippen molar-refractivity contribution in [2.75, 3.05) is 51.3 Å². The van der Waals surface area contributed by atoms with Gasteiger partial charge >= 0.3 is 5.97 Å². The van der Waals surface area contributed by atoms with E-state index in [0.717, 1.165) is 68.9 Å². The second-order valence-electron chi connectivity index (χ2n) is 9.14. The number of carbonyl (C=O) groups is 1. The molecule has 1 aromatic heterocycles. The third kappa shape index (κ3) is 8.95. The number of rotatable bonds is 11. The molecule has 0 amide bonds. The Morgan fingerprint density at radius 2 is 1.94 bits per heavy atom. The van der Waals surface area contributed by atoms with Gasteiger partial charge in [0.2, 0.25) is 0 Å². The van der Waals surface area contributed by atoms with Gasteiger partial charge in [-0.15, -0.1) is 0 Å². The van der Waals surface area contributed by atoms with Crippen molar-refractivity contribution in [1.29, 1.82) is 0 Å². The number of ether oxygens (including phenoxy) is 3. The van der Waals surface area contributed by atoms with Crippen LogP contribution in [0.5, 0.6) is 5.75 Å². The smallest absolute Gasteiger partial charge is 0.306 e. The Balaban J connectivity index is 1.44. The quantitative estimate of drug-likeness (QED) is 0.377. The van der Waals surface area contributed by atoms with Crippen molar-refractivity contribution in [2.24, 2.45) is 0 Å². The number of carbonyl (C=O) groups excluding carboxylic acids is 1. The lowest BCUT2D eigenvalue weighted by atomic mass is 10.1. The van der Waals surface area contributed by atoms with Gasteiger partial charge in [-0.05, 0) is 45.7 Å². The summed E-state index contributed by atoms with van der Waals surface area (Å²) in [6.45, 7) is 11.3. The zero-order valence-electron chi connectivity index (χ0n) is 19.9. The summed E-state index contributed by atoms with van der Waals surface area (Å²) >= 11 is 6.31. The molecule has 2 heterocycles. The van der Waals surface area contributed by atoms with E-state index in [2.05, 4.69) is 20.2 Å². The average Bonchev–Trinajstić information content (AvgIpc) is 2.76. The van der Waals surface area contributed by atoms with Crippen LogP contribution in [0.1, 0.15) is 46.5 Å². The van der Waals surface area contributed by atoms with Crippen molar-refractivity contribution in [3.05, 3.63) is 23.4 Å². The minimum Gasteiger partial charge on any atom is -0.492 e. The maximum absolute atomic E-state index is 11.8. The number of nitrogens with one attached hydrogen (secondary N) is 1. The third-order valence-corrected chi connectivity index (χ3v) is 5.41. The third-order valence-electron chi connectivity index (χ3n) is 5.14. The molecule has 0 atom stereocenters. The predicted octanol–water partition coefficient (Wildman–Crippen LogP) is 4.31. The van der Waals surface area contributed by atoms with Crippen LogP contribution in [0, 0.1) is 0 Å². The fourth-order valence-electron chi connectivity index (χ4n) is 3.50. The standard InChI is InChI=1S/C24H35ClN4O4/c1-24(2,3)33-21(30)7-5-4-6-10-26-23-22(25)27-19-9-8-18(17-20(19)28-23)32-16-13-29-11-14-31-15-12-29/h8-9,17H,4-7,10-16H2,1-3H3,(H,26,28). The molecule has 1 aliphatic heterocycles. The molecular weight excluding hydrogens is 444 g/mol. The van der Waals surface area contributed by atoms with Crippen molar-refractivity contribution in [2.45, 2.75) is 52.1 Å². The summed E-state index contributed by atoms with van der Waals surface area (Å²) in [7, 11) is 0. The van der Waals surface area contributed by atoms with E-state index in [1.165, 1.54) is 0 Å².